The van der Waals surface area contributed by atoms with E-state index in [1.54, 1.807) is 0 Å². The van der Waals surface area contributed by atoms with Crippen LogP contribution in [-0.4, -0.2) is 54.1 Å². The van der Waals surface area contributed by atoms with E-state index < -0.39 is 9.84 Å². The van der Waals surface area contributed by atoms with E-state index in [1.807, 2.05) is 24.0 Å². The summed E-state index contributed by atoms with van der Waals surface area (Å²) in [6.45, 7) is 5.00. The summed E-state index contributed by atoms with van der Waals surface area (Å²) in [5, 5.41) is 10.7. The summed E-state index contributed by atoms with van der Waals surface area (Å²) < 4.78 is 26.0. The van der Waals surface area contributed by atoms with Crippen LogP contribution in [0.4, 0.5) is 5.95 Å². The van der Waals surface area contributed by atoms with E-state index in [1.165, 1.54) is 12.5 Å². The molecule has 1 aliphatic heterocycles. The summed E-state index contributed by atoms with van der Waals surface area (Å²) in [7, 11) is -3.35. The first-order valence-electron chi connectivity index (χ1n) is 8.44. The molecule has 3 rings (SSSR count). The highest BCUT2D eigenvalue weighted by Gasteiger charge is 2.25. The normalized spacial score (nSPS) is 18.2. The van der Waals surface area contributed by atoms with E-state index in [0.29, 0.717) is 24.7 Å². The number of hydrogen-bond donors (Lipinski definition) is 2. The molecular weight excluding hydrogens is 340 g/mol. The van der Waals surface area contributed by atoms with E-state index in [4.69, 9.17) is 0 Å². The summed E-state index contributed by atoms with van der Waals surface area (Å²) in [5.74, 6) is 0.549. The second kappa shape index (κ2) is 7.49. The molecule has 25 heavy (non-hydrogen) atoms. The summed E-state index contributed by atoms with van der Waals surface area (Å²) >= 11 is 0. The van der Waals surface area contributed by atoms with Gasteiger partial charge in [-0.05, 0) is 31.9 Å². The van der Waals surface area contributed by atoms with E-state index in [2.05, 4.69) is 25.7 Å². The molecule has 0 spiro atoms. The minimum atomic E-state index is -3.35. The molecular formula is C16H24N6O2S. The number of aromatic nitrogens is 4. The van der Waals surface area contributed by atoms with Crippen LogP contribution in [0.25, 0.3) is 0 Å². The van der Waals surface area contributed by atoms with Crippen molar-refractivity contribution in [2.45, 2.75) is 37.1 Å². The predicted octanol–water partition coefficient (Wildman–Crippen LogP) is 0.964. The molecule has 8 nitrogen and oxygen atoms in total. The van der Waals surface area contributed by atoms with Crippen LogP contribution in [-0.2, 0) is 16.4 Å². The third kappa shape index (κ3) is 4.55. The minimum Gasteiger partial charge on any atom is -0.352 e. The van der Waals surface area contributed by atoms with Gasteiger partial charge in [-0.2, -0.15) is 5.10 Å². The Labute approximate surface area is 148 Å². The highest BCUT2D eigenvalue weighted by Crippen LogP contribution is 2.27. The molecule has 3 heterocycles. The highest BCUT2D eigenvalue weighted by molar-refractivity contribution is 7.90. The summed E-state index contributed by atoms with van der Waals surface area (Å²) in [6, 6.07) is 0. The molecule has 9 heteroatoms. The SMILES string of the molecule is Cc1cnn(CCNc2ncc(S(C)(=O)=O)c([C@@H]3CCCNC3)n2)c1. The molecule has 2 N–H and O–H groups in total. The van der Waals surface area contributed by atoms with E-state index >= 15 is 0 Å². The van der Waals surface area contributed by atoms with Crippen LogP contribution in [0.15, 0.2) is 23.5 Å². The third-order valence-electron chi connectivity index (χ3n) is 4.25. The fourth-order valence-electron chi connectivity index (χ4n) is 3.00. The lowest BCUT2D eigenvalue weighted by Crippen LogP contribution is -2.30. The number of rotatable bonds is 6. The number of hydrogen-bond acceptors (Lipinski definition) is 7. The zero-order valence-electron chi connectivity index (χ0n) is 14.6. The van der Waals surface area contributed by atoms with Crippen molar-refractivity contribution in [3.05, 3.63) is 29.8 Å². The number of nitrogens with one attached hydrogen (secondary N) is 2. The van der Waals surface area contributed by atoms with Crippen molar-refractivity contribution in [1.29, 1.82) is 0 Å². The standard InChI is InChI=1S/C16H24N6O2S/c1-12-8-20-22(11-12)7-6-18-16-19-10-14(25(2,23)24)15(21-16)13-4-3-5-17-9-13/h8,10-11,13,17H,3-7,9H2,1-2H3,(H,18,19,21)/t13-/m1/s1. The van der Waals surface area contributed by atoms with E-state index in [0.717, 1.165) is 31.5 Å². The fraction of sp³-hybridized carbons (Fsp3) is 0.562. The van der Waals surface area contributed by atoms with Gasteiger partial charge in [-0.3, -0.25) is 4.68 Å². The lowest BCUT2D eigenvalue weighted by Gasteiger charge is -2.24. The van der Waals surface area contributed by atoms with E-state index in [-0.39, 0.29) is 10.8 Å². The molecule has 2 aromatic rings. The molecule has 0 saturated carbocycles. The monoisotopic (exact) mass is 364 g/mol. The van der Waals surface area contributed by atoms with Crippen molar-refractivity contribution < 1.29 is 8.42 Å². The van der Waals surface area contributed by atoms with Crippen LogP contribution in [0.2, 0.25) is 0 Å². The van der Waals surface area contributed by atoms with Gasteiger partial charge in [-0.15, -0.1) is 0 Å². The van der Waals surface area contributed by atoms with Gasteiger partial charge in [0, 0.05) is 31.5 Å². The maximum Gasteiger partial charge on any atom is 0.223 e. The average Bonchev–Trinajstić information content (AvgIpc) is 3.00. The molecule has 1 saturated heterocycles. The van der Waals surface area contributed by atoms with E-state index in [9.17, 15) is 8.42 Å². The van der Waals surface area contributed by atoms with Crippen molar-refractivity contribution in [2.75, 3.05) is 31.2 Å². The van der Waals surface area contributed by atoms with Crippen molar-refractivity contribution in [3.63, 3.8) is 0 Å². The first kappa shape index (κ1) is 17.8. The Balaban J connectivity index is 1.76. The van der Waals surface area contributed by atoms with Gasteiger partial charge in [0.2, 0.25) is 5.95 Å². The van der Waals surface area contributed by atoms with Crippen molar-refractivity contribution in [3.8, 4) is 0 Å². The molecule has 0 aromatic carbocycles. The first-order chi connectivity index (χ1) is 11.9. The molecule has 1 fully saturated rings. The first-order valence-corrected chi connectivity index (χ1v) is 10.3. The van der Waals surface area contributed by atoms with Gasteiger partial charge < -0.3 is 10.6 Å². The van der Waals surface area contributed by atoms with Crippen molar-refractivity contribution >= 4 is 15.8 Å². The topological polar surface area (TPSA) is 102 Å². The molecule has 0 aliphatic carbocycles. The molecule has 2 aromatic heterocycles. The van der Waals surface area contributed by atoms with Gasteiger partial charge in [0.15, 0.2) is 9.84 Å². The van der Waals surface area contributed by atoms with Crippen LogP contribution in [0.5, 0.6) is 0 Å². The van der Waals surface area contributed by atoms with Crippen LogP contribution in [0, 0.1) is 6.92 Å². The van der Waals surface area contributed by atoms with Crippen molar-refractivity contribution in [2.24, 2.45) is 0 Å². The zero-order valence-corrected chi connectivity index (χ0v) is 15.4. The Hall–Kier alpha value is -2.00. The predicted molar refractivity (Wildman–Crippen MR) is 95.4 cm³/mol. The molecule has 1 aliphatic rings. The number of sulfone groups is 1. The highest BCUT2D eigenvalue weighted by atomic mass is 32.2. The molecule has 136 valence electrons. The lowest BCUT2D eigenvalue weighted by atomic mass is 9.96. The van der Waals surface area contributed by atoms with Gasteiger partial charge in [0.25, 0.3) is 0 Å². The molecule has 0 radical (unpaired) electrons. The Morgan fingerprint density at radius 3 is 2.88 bits per heavy atom. The Bertz CT molecular complexity index is 827. The molecule has 1 atom stereocenters. The fourth-order valence-corrected chi connectivity index (χ4v) is 3.84. The number of nitrogens with zero attached hydrogens (tertiary/aromatic N) is 4. The minimum absolute atomic E-state index is 0.0933. The number of anilines is 1. The summed E-state index contributed by atoms with van der Waals surface area (Å²) in [5.41, 5.74) is 1.72. The molecule has 0 bridgehead atoms. The summed E-state index contributed by atoms with van der Waals surface area (Å²) in [4.78, 5) is 8.94. The summed E-state index contributed by atoms with van der Waals surface area (Å²) in [6.07, 6.45) is 8.35. The maximum atomic E-state index is 12.1. The van der Waals surface area contributed by atoms with Crippen molar-refractivity contribution in [1.82, 2.24) is 25.1 Å². The Morgan fingerprint density at radius 1 is 1.40 bits per heavy atom. The lowest BCUT2D eigenvalue weighted by molar-refractivity contribution is 0.448. The van der Waals surface area contributed by atoms with Gasteiger partial charge in [-0.1, -0.05) is 0 Å². The van der Waals surface area contributed by atoms with Gasteiger partial charge in [-0.25, -0.2) is 18.4 Å². The van der Waals surface area contributed by atoms with Crippen LogP contribution in [0.3, 0.4) is 0 Å². The third-order valence-corrected chi connectivity index (χ3v) is 5.37. The Kier molecular flexibility index (Phi) is 5.33. The molecule has 0 amide bonds. The van der Waals surface area contributed by atoms with Crippen LogP contribution in [0.1, 0.15) is 30.0 Å². The zero-order chi connectivity index (χ0) is 17.9. The van der Waals surface area contributed by atoms with Gasteiger partial charge in [0.05, 0.1) is 24.6 Å². The smallest absolute Gasteiger partial charge is 0.223 e. The van der Waals surface area contributed by atoms with Crippen LogP contribution >= 0.6 is 0 Å². The second-order valence-electron chi connectivity index (χ2n) is 6.47. The average molecular weight is 364 g/mol. The second-order valence-corrected chi connectivity index (χ2v) is 8.45. The molecule has 0 unspecified atom stereocenters. The largest absolute Gasteiger partial charge is 0.352 e. The van der Waals surface area contributed by atoms with Gasteiger partial charge >= 0.3 is 0 Å². The van der Waals surface area contributed by atoms with Crippen LogP contribution < -0.4 is 10.6 Å². The van der Waals surface area contributed by atoms with Gasteiger partial charge in [0.1, 0.15) is 4.90 Å². The number of piperidine rings is 1. The quantitative estimate of drug-likeness (QED) is 0.787. The maximum absolute atomic E-state index is 12.1. The number of aryl methyl sites for hydroxylation is 1. The Morgan fingerprint density at radius 2 is 2.24 bits per heavy atom.